The molecule has 2 rings (SSSR count). The number of hydrogen-bond acceptors (Lipinski definition) is 9. The van der Waals surface area contributed by atoms with Gasteiger partial charge < -0.3 is 48.3 Å². The van der Waals surface area contributed by atoms with E-state index in [1.54, 1.807) is 12.1 Å². The minimum Gasteiger partial charge on any atom is -0.508 e. The number of carboxylic acids is 1. The number of nitrogens with two attached hydrogens (primary N) is 3. The fraction of sp³-hybridized carbons (Fsp3) is 0.462. The first-order valence-electron chi connectivity index (χ1n) is 13.2. The Kier molecular flexibility index (Phi) is 14.1. The number of H-pyrrole nitrogens is 1. The standard InChI is InChI=1S/C26H39N9O6S/c1-42-10-8-20(25(40)41)34-23(38)19(3-2-9-31-26(28)29)33-24(39)21(12-16-13-30-14-32-16)35-22(37)18(27)11-15-4-6-17(36)7-5-15/h4-7,13-14,18-21,36H,2-3,8-12,27H2,1H3,(H,30,32)(H,33,39)(H,34,38)(H,35,37)(H,40,41)(H4,28,29,31). The quantitative estimate of drug-likeness (QED) is 0.0540. The van der Waals surface area contributed by atoms with Gasteiger partial charge in [-0.05, 0) is 55.4 Å². The number of aliphatic imine (C=N–C) groups is 1. The summed E-state index contributed by atoms with van der Waals surface area (Å²) in [5, 5.41) is 26.8. The molecule has 0 fully saturated rings. The highest BCUT2D eigenvalue weighted by molar-refractivity contribution is 7.98. The Morgan fingerprint density at radius 1 is 0.976 bits per heavy atom. The maximum absolute atomic E-state index is 13.5. The summed E-state index contributed by atoms with van der Waals surface area (Å²) >= 11 is 1.44. The molecule has 12 N–H and O–H groups in total. The molecule has 1 heterocycles. The normalized spacial score (nSPS) is 13.7. The van der Waals surface area contributed by atoms with Crippen LogP contribution in [0.3, 0.4) is 0 Å². The van der Waals surface area contributed by atoms with Gasteiger partial charge in [0.1, 0.15) is 23.9 Å². The summed E-state index contributed by atoms with van der Waals surface area (Å²) in [5.41, 5.74) is 18.1. The van der Waals surface area contributed by atoms with Crippen molar-refractivity contribution in [1.82, 2.24) is 25.9 Å². The molecule has 3 amide bonds. The number of carbonyl (C=O) groups is 4. The number of aromatic hydroxyl groups is 1. The number of nitrogens with one attached hydrogen (secondary N) is 4. The lowest BCUT2D eigenvalue weighted by Gasteiger charge is -2.25. The Balaban J connectivity index is 2.19. The first kappa shape index (κ1) is 33.9. The number of thioether (sulfide) groups is 1. The molecule has 42 heavy (non-hydrogen) atoms. The number of hydrogen-bond donors (Lipinski definition) is 9. The van der Waals surface area contributed by atoms with Crippen molar-refractivity contribution in [2.24, 2.45) is 22.2 Å². The van der Waals surface area contributed by atoms with Crippen LogP contribution < -0.4 is 33.2 Å². The molecule has 4 unspecified atom stereocenters. The summed E-state index contributed by atoms with van der Waals surface area (Å²) < 4.78 is 0. The first-order chi connectivity index (χ1) is 20.0. The van der Waals surface area contributed by atoms with Crippen LogP contribution in [0, 0.1) is 0 Å². The third-order valence-corrected chi connectivity index (χ3v) is 6.79. The predicted octanol–water partition coefficient (Wildman–Crippen LogP) is -1.43. The molecule has 0 aliphatic rings. The summed E-state index contributed by atoms with van der Waals surface area (Å²) in [6.07, 6.45) is 5.47. The van der Waals surface area contributed by atoms with Crippen LogP contribution in [0.25, 0.3) is 0 Å². The third-order valence-electron chi connectivity index (χ3n) is 6.14. The van der Waals surface area contributed by atoms with E-state index in [-0.39, 0.29) is 43.9 Å². The topological polar surface area (TPSA) is 264 Å². The van der Waals surface area contributed by atoms with Gasteiger partial charge in [-0.1, -0.05) is 12.1 Å². The van der Waals surface area contributed by atoms with E-state index in [1.165, 1.54) is 36.4 Å². The van der Waals surface area contributed by atoms with Gasteiger partial charge in [-0.2, -0.15) is 11.8 Å². The van der Waals surface area contributed by atoms with Gasteiger partial charge in [-0.15, -0.1) is 0 Å². The fourth-order valence-corrected chi connectivity index (χ4v) is 4.36. The molecule has 230 valence electrons. The number of benzene rings is 1. The van der Waals surface area contributed by atoms with Crippen molar-refractivity contribution in [3.05, 3.63) is 48.0 Å². The number of rotatable bonds is 18. The molecule has 0 aliphatic heterocycles. The van der Waals surface area contributed by atoms with Crippen LogP contribution in [0.5, 0.6) is 5.75 Å². The van der Waals surface area contributed by atoms with Crippen molar-refractivity contribution in [3.63, 3.8) is 0 Å². The highest BCUT2D eigenvalue weighted by Crippen LogP contribution is 2.11. The Morgan fingerprint density at radius 3 is 2.21 bits per heavy atom. The van der Waals surface area contributed by atoms with Crippen LogP contribution in [0.1, 0.15) is 30.5 Å². The number of aromatic amines is 1. The van der Waals surface area contributed by atoms with E-state index in [4.69, 9.17) is 17.2 Å². The van der Waals surface area contributed by atoms with Crippen LogP contribution in [0.4, 0.5) is 0 Å². The summed E-state index contributed by atoms with van der Waals surface area (Å²) in [4.78, 5) is 62.0. The highest BCUT2D eigenvalue weighted by atomic mass is 32.2. The average Bonchev–Trinajstić information content (AvgIpc) is 3.46. The number of carbonyl (C=O) groups excluding carboxylic acids is 3. The van der Waals surface area contributed by atoms with E-state index in [0.717, 1.165) is 0 Å². The highest BCUT2D eigenvalue weighted by Gasteiger charge is 2.30. The van der Waals surface area contributed by atoms with Crippen LogP contribution >= 0.6 is 11.8 Å². The predicted molar refractivity (Wildman–Crippen MR) is 158 cm³/mol. The molecule has 0 saturated carbocycles. The van der Waals surface area contributed by atoms with Gasteiger partial charge in [0, 0.05) is 24.9 Å². The number of phenols is 1. The lowest BCUT2D eigenvalue weighted by Crippen LogP contribution is -2.57. The van der Waals surface area contributed by atoms with Crippen LogP contribution in [0.15, 0.2) is 41.8 Å². The number of guanidine groups is 1. The minimum atomic E-state index is -1.20. The van der Waals surface area contributed by atoms with Gasteiger partial charge in [-0.25, -0.2) is 9.78 Å². The van der Waals surface area contributed by atoms with Crippen molar-refractivity contribution >= 4 is 41.4 Å². The molecule has 4 atom stereocenters. The molecule has 0 spiro atoms. The fourth-order valence-electron chi connectivity index (χ4n) is 3.89. The molecule has 0 radical (unpaired) electrons. The van der Waals surface area contributed by atoms with E-state index in [2.05, 4.69) is 30.9 Å². The van der Waals surface area contributed by atoms with Gasteiger partial charge in [-0.3, -0.25) is 19.4 Å². The monoisotopic (exact) mass is 605 g/mol. The first-order valence-corrected chi connectivity index (χ1v) is 14.6. The summed E-state index contributed by atoms with van der Waals surface area (Å²) in [7, 11) is 0. The largest absolute Gasteiger partial charge is 0.508 e. The number of nitrogens with zero attached hydrogens (tertiary/aromatic N) is 2. The SMILES string of the molecule is CSCCC(NC(=O)C(CCCN=C(N)N)NC(=O)C(Cc1cnc[nH]1)NC(=O)C(N)Cc1ccc(O)cc1)C(=O)O. The second kappa shape index (κ2) is 17.5. The maximum Gasteiger partial charge on any atom is 0.326 e. The molecule has 1 aromatic heterocycles. The lowest BCUT2D eigenvalue weighted by atomic mass is 10.0. The number of phenolic OH excluding ortho intramolecular Hbond substituents is 1. The van der Waals surface area contributed by atoms with Crippen molar-refractivity contribution < 1.29 is 29.4 Å². The molecular formula is C26H39N9O6S. The maximum atomic E-state index is 13.5. The number of aromatic nitrogens is 2. The van der Waals surface area contributed by atoms with Gasteiger partial charge in [0.25, 0.3) is 0 Å². The van der Waals surface area contributed by atoms with Crippen LogP contribution in [-0.2, 0) is 32.0 Å². The molecule has 0 saturated heterocycles. The number of imidazole rings is 1. The molecule has 16 heteroatoms. The lowest BCUT2D eigenvalue weighted by molar-refractivity contribution is -0.142. The van der Waals surface area contributed by atoms with E-state index < -0.39 is 47.9 Å². The van der Waals surface area contributed by atoms with Gasteiger partial charge in [0.05, 0.1) is 12.4 Å². The van der Waals surface area contributed by atoms with E-state index in [1.807, 2.05) is 6.26 Å². The summed E-state index contributed by atoms with van der Waals surface area (Å²) in [6, 6.07) is 1.75. The van der Waals surface area contributed by atoms with Crippen LogP contribution in [0.2, 0.25) is 0 Å². The zero-order valence-electron chi connectivity index (χ0n) is 23.3. The van der Waals surface area contributed by atoms with Crippen molar-refractivity contribution in [2.75, 3.05) is 18.6 Å². The smallest absolute Gasteiger partial charge is 0.326 e. The van der Waals surface area contributed by atoms with Crippen LogP contribution in [-0.4, -0.2) is 92.6 Å². The van der Waals surface area contributed by atoms with E-state index in [0.29, 0.717) is 23.4 Å². The molecule has 15 nitrogen and oxygen atoms in total. The van der Waals surface area contributed by atoms with Gasteiger partial charge >= 0.3 is 5.97 Å². The van der Waals surface area contributed by atoms with Crippen molar-refractivity contribution in [2.45, 2.75) is 56.3 Å². The van der Waals surface area contributed by atoms with E-state index in [9.17, 15) is 29.4 Å². The number of carboxylic acid groups (broad SMARTS) is 1. The second-order valence-corrected chi connectivity index (χ2v) is 10.5. The van der Waals surface area contributed by atoms with Gasteiger partial charge in [0.15, 0.2) is 5.96 Å². The zero-order valence-corrected chi connectivity index (χ0v) is 24.1. The Hall–Kier alpha value is -4.31. The van der Waals surface area contributed by atoms with Crippen molar-refractivity contribution in [3.8, 4) is 5.75 Å². The van der Waals surface area contributed by atoms with Gasteiger partial charge in [0.2, 0.25) is 17.7 Å². The number of amides is 3. The summed E-state index contributed by atoms with van der Waals surface area (Å²) in [5.74, 6) is -2.75. The number of aliphatic carboxylic acids is 1. The second-order valence-electron chi connectivity index (χ2n) is 9.51. The Bertz CT molecular complexity index is 1190. The molecule has 0 aliphatic carbocycles. The molecule has 2 aromatic rings. The molecule has 0 bridgehead atoms. The zero-order chi connectivity index (χ0) is 31.1. The Morgan fingerprint density at radius 2 is 1.62 bits per heavy atom. The molecular weight excluding hydrogens is 566 g/mol. The third kappa shape index (κ3) is 12.1. The minimum absolute atomic E-state index is 0.0112. The average molecular weight is 606 g/mol. The molecule has 1 aromatic carbocycles. The van der Waals surface area contributed by atoms with Crippen molar-refractivity contribution in [1.29, 1.82) is 0 Å². The van der Waals surface area contributed by atoms with E-state index >= 15 is 0 Å². The Labute approximate surface area is 247 Å². The summed E-state index contributed by atoms with van der Waals surface area (Å²) in [6.45, 7) is 0.178.